The highest BCUT2D eigenvalue weighted by atomic mass is 35.5. The molecule has 2 fully saturated rings. The zero-order valence-corrected chi connectivity index (χ0v) is 24.6. The SMILES string of the molecule is CC(C)N1CCC2(CCC3CC(C(=[NH2+])c4cc(O[C@H](N)c5c(Cl)cnc(F)c5Cl)ccc4N)=CC(C#N)=C3O2)CC1. The van der Waals surface area contributed by atoms with E-state index in [-0.39, 0.29) is 27.1 Å². The van der Waals surface area contributed by atoms with Gasteiger partial charge < -0.3 is 20.1 Å². The Labute approximate surface area is 249 Å². The fourth-order valence-corrected chi connectivity index (χ4v) is 6.54. The number of rotatable bonds is 6. The van der Waals surface area contributed by atoms with E-state index in [0.29, 0.717) is 40.7 Å². The second kappa shape index (κ2) is 11.6. The van der Waals surface area contributed by atoms with E-state index in [9.17, 15) is 9.65 Å². The van der Waals surface area contributed by atoms with Crippen LogP contribution in [0.5, 0.6) is 5.75 Å². The van der Waals surface area contributed by atoms with Crippen molar-refractivity contribution in [2.45, 2.75) is 63.8 Å². The van der Waals surface area contributed by atoms with Crippen molar-refractivity contribution in [2.24, 2.45) is 11.7 Å². The molecule has 0 saturated carbocycles. The Morgan fingerprint density at radius 2 is 2.02 bits per heavy atom. The molecular weight excluding hydrogens is 566 g/mol. The third-order valence-electron chi connectivity index (χ3n) is 8.43. The van der Waals surface area contributed by atoms with E-state index < -0.39 is 12.2 Å². The average molecular weight is 601 g/mol. The van der Waals surface area contributed by atoms with Crippen LogP contribution in [0, 0.1) is 23.2 Å². The lowest BCUT2D eigenvalue weighted by Crippen LogP contribution is -2.50. The number of anilines is 1. The second-order valence-corrected chi connectivity index (χ2v) is 12.0. The highest BCUT2D eigenvalue weighted by Gasteiger charge is 2.45. The zero-order valence-electron chi connectivity index (χ0n) is 23.1. The summed E-state index contributed by atoms with van der Waals surface area (Å²) in [6.45, 7) is 6.43. The lowest BCUT2D eigenvalue weighted by atomic mass is 9.75. The molecule has 2 aliphatic heterocycles. The summed E-state index contributed by atoms with van der Waals surface area (Å²) in [5.41, 5.74) is 15.1. The van der Waals surface area contributed by atoms with Gasteiger partial charge >= 0.3 is 0 Å². The lowest BCUT2D eigenvalue weighted by molar-refractivity contribution is -0.112. The highest BCUT2D eigenvalue weighted by Crippen LogP contribution is 2.47. The molecule has 2 atom stereocenters. The Hall–Kier alpha value is -3.16. The first-order chi connectivity index (χ1) is 19.5. The summed E-state index contributed by atoms with van der Waals surface area (Å²) in [4.78, 5) is 5.96. The summed E-state index contributed by atoms with van der Waals surface area (Å²) in [7, 11) is 0. The van der Waals surface area contributed by atoms with Crippen LogP contribution in [0.3, 0.4) is 0 Å². The molecule has 5 rings (SSSR count). The number of hydrogen-bond acceptors (Lipinski definition) is 7. The molecule has 3 aliphatic rings. The number of halogens is 3. The minimum absolute atomic E-state index is 0.0666. The Bertz CT molecular complexity index is 1480. The molecule has 0 bridgehead atoms. The number of fused-ring (bicyclic) bond motifs is 1. The number of nitrogens with two attached hydrogens (primary N) is 3. The van der Waals surface area contributed by atoms with Crippen molar-refractivity contribution in [3.63, 3.8) is 0 Å². The molecule has 41 heavy (non-hydrogen) atoms. The number of nitrogen functional groups attached to an aromatic ring is 1. The first-order valence-electron chi connectivity index (χ1n) is 13.7. The van der Waals surface area contributed by atoms with Gasteiger partial charge in [0.25, 0.3) is 0 Å². The standard InChI is InChI=1S/C30H33Cl2FN6O2/c1-16(2)39-9-7-30(8-10-39)6-5-17-11-18(12-19(14-34)27(17)41-30)26(36)21-13-20(3-4-23(21)35)40-29(37)24-22(31)15-38-28(33)25(24)32/h3-4,12-13,15-17,29,36H,5-11,35,37H2,1-2H3/p+1/t17?,29-/m0/s1. The number of nitriles is 1. The predicted molar refractivity (Wildman–Crippen MR) is 156 cm³/mol. The van der Waals surface area contributed by atoms with Crippen molar-refractivity contribution in [3.8, 4) is 11.8 Å². The number of ether oxygens (including phenoxy) is 2. The molecule has 2 saturated heterocycles. The minimum atomic E-state index is -1.17. The third kappa shape index (κ3) is 5.80. The van der Waals surface area contributed by atoms with Crippen LogP contribution in [0.25, 0.3) is 0 Å². The number of piperidine rings is 1. The molecule has 6 N–H and O–H groups in total. The maximum atomic E-state index is 13.9. The summed E-state index contributed by atoms with van der Waals surface area (Å²) < 4.78 is 26.4. The Morgan fingerprint density at radius 3 is 2.71 bits per heavy atom. The Morgan fingerprint density at radius 1 is 1.29 bits per heavy atom. The molecular formula is C30H34Cl2FN6O2+. The molecule has 0 amide bonds. The van der Waals surface area contributed by atoms with E-state index in [0.717, 1.165) is 56.3 Å². The average Bonchev–Trinajstić information content (AvgIpc) is 2.95. The largest absolute Gasteiger partial charge is 0.490 e. The van der Waals surface area contributed by atoms with Crippen LogP contribution >= 0.6 is 23.2 Å². The van der Waals surface area contributed by atoms with E-state index in [1.807, 2.05) is 0 Å². The van der Waals surface area contributed by atoms with Gasteiger partial charge in [0.1, 0.15) is 28.2 Å². The Kier molecular flexibility index (Phi) is 8.31. The third-order valence-corrected chi connectivity index (χ3v) is 9.09. The number of nitrogens with zero attached hydrogens (tertiary/aromatic N) is 3. The van der Waals surface area contributed by atoms with Crippen molar-refractivity contribution in [1.82, 2.24) is 9.88 Å². The van der Waals surface area contributed by atoms with Crippen molar-refractivity contribution in [3.05, 3.63) is 74.5 Å². The molecule has 2 aromatic rings. The van der Waals surface area contributed by atoms with Gasteiger partial charge in [-0.2, -0.15) is 9.65 Å². The smallest absolute Gasteiger partial charge is 0.232 e. The first kappa shape index (κ1) is 29.3. The zero-order chi connectivity index (χ0) is 29.5. The van der Waals surface area contributed by atoms with Gasteiger partial charge in [-0.1, -0.05) is 23.2 Å². The molecule has 1 aromatic heterocycles. The monoisotopic (exact) mass is 599 g/mol. The second-order valence-electron chi connectivity index (χ2n) is 11.2. The molecule has 1 unspecified atom stereocenters. The number of allylic oxidation sites excluding steroid dienone is 4. The number of aromatic nitrogens is 1. The van der Waals surface area contributed by atoms with Gasteiger partial charge in [0, 0.05) is 42.5 Å². The Balaban J connectivity index is 1.37. The van der Waals surface area contributed by atoms with Gasteiger partial charge in [-0.15, -0.1) is 0 Å². The van der Waals surface area contributed by atoms with E-state index in [4.69, 9.17) is 49.6 Å². The molecule has 1 spiro atoms. The van der Waals surface area contributed by atoms with Crippen LogP contribution in [0.15, 0.2) is 47.4 Å². The predicted octanol–water partition coefficient (Wildman–Crippen LogP) is 4.47. The van der Waals surface area contributed by atoms with Crippen LogP contribution < -0.4 is 21.6 Å². The van der Waals surface area contributed by atoms with Crippen LogP contribution in [-0.4, -0.2) is 40.3 Å². The van der Waals surface area contributed by atoms with Crippen molar-refractivity contribution < 1.29 is 19.3 Å². The maximum absolute atomic E-state index is 13.9. The maximum Gasteiger partial charge on any atom is 0.232 e. The van der Waals surface area contributed by atoms with Gasteiger partial charge in [0.2, 0.25) is 11.7 Å². The first-order valence-corrected chi connectivity index (χ1v) is 14.5. The summed E-state index contributed by atoms with van der Waals surface area (Å²) in [5.74, 6) is 0.279. The summed E-state index contributed by atoms with van der Waals surface area (Å²) in [5, 5.41) is 16.5. The van der Waals surface area contributed by atoms with Gasteiger partial charge in [-0.3, -0.25) is 11.1 Å². The number of pyridine rings is 1. The van der Waals surface area contributed by atoms with Crippen LogP contribution in [0.2, 0.25) is 10.0 Å². The van der Waals surface area contributed by atoms with Gasteiger partial charge in [0.15, 0.2) is 6.23 Å². The van der Waals surface area contributed by atoms with Crippen molar-refractivity contribution in [2.75, 3.05) is 18.8 Å². The molecule has 11 heteroatoms. The topological polar surface area (TPSA) is 136 Å². The molecule has 1 aliphatic carbocycles. The minimum Gasteiger partial charge on any atom is -0.490 e. The van der Waals surface area contributed by atoms with Crippen molar-refractivity contribution >= 4 is 34.6 Å². The fraction of sp³-hybridized carbons (Fsp3) is 0.433. The lowest BCUT2D eigenvalue weighted by Gasteiger charge is -2.48. The van der Waals surface area contributed by atoms with Gasteiger partial charge in [-0.05, 0) is 70.2 Å². The quantitative estimate of drug-likeness (QED) is 0.193. The highest BCUT2D eigenvalue weighted by molar-refractivity contribution is 6.35. The van der Waals surface area contributed by atoms with Crippen LogP contribution in [0.1, 0.15) is 63.3 Å². The molecule has 216 valence electrons. The molecule has 1 aromatic carbocycles. The summed E-state index contributed by atoms with van der Waals surface area (Å²) in [6.07, 6.45) is 6.17. The van der Waals surface area contributed by atoms with E-state index >= 15 is 0 Å². The molecule has 8 nitrogen and oxygen atoms in total. The van der Waals surface area contributed by atoms with Crippen LogP contribution in [-0.2, 0) is 4.74 Å². The number of hydrogen-bond donors (Lipinski definition) is 3. The molecule has 0 radical (unpaired) electrons. The summed E-state index contributed by atoms with van der Waals surface area (Å²) in [6, 6.07) is 7.78. The van der Waals surface area contributed by atoms with E-state index in [2.05, 4.69) is 29.8 Å². The normalized spacial score (nSPS) is 21.1. The fourth-order valence-electron chi connectivity index (χ4n) is 5.99. The van der Waals surface area contributed by atoms with Gasteiger partial charge in [0.05, 0.1) is 21.7 Å². The van der Waals surface area contributed by atoms with E-state index in [1.165, 1.54) is 0 Å². The van der Waals surface area contributed by atoms with E-state index in [1.54, 1.807) is 24.3 Å². The van der Waals surface area contributed by atoms with Crippen LogP contribution in [0.4, 0.5) is 10.1 Å². The number of likely N-dealkylation sites (tertiary alicyclic amines) is 1. The van der Waals surface area contributed by atoms with Gasteiger partial charge in [-0.25, -0.2) is 4.98 Å². The van der Waals surface area contributed by atoms with Crippen molar-refractivity contribution in [1.29, 1.82) is 5.26 Å². The number of benzene rings is 1. The molecule has 3 heterocycles. The summed E-state index contributed by atoms with van der Waals surface area (Å²) >= 11 is 12.2.